The fourth-order valence-corrected chi connectivity index (χ4v) is 3.06. The number of nitrogens with zero attached hydrogens (tertiary/aromatic N) is 2. The molecule has 0 spiro atoms. The Bertz CT molecular complexity index is 229. The lowest BCUT2D eigenvalue weighted by Gasteiger charge is -2.38. The third-order valence-corrected chi connectivity index (χ3v) is 4.44. The number of hydrogen-bond donors (Lipinski definition) is 1. The zero-order chi connectivity index (χ0) is 11.7. The lowest BCUT2D eigenvalue weighted by molar-refractivity contribution is 0.114. The van der Waals surface area contributed by atoms with E-state index in [1.165, 1.54) is 39.0 Å². The average molecular weight is 225 g/mol. The fraction of sp³-hybridized carbons (Fsp3) is 1.00. The van der Waals surface area contributed by atoms with E-state index >= 15 is 0 Å². The Kier molecular flexibility index (Phi) is 3.88. The number of nitrogens with two attached hydrogens (primary N) is 1. The summed E-state index contributed by atoms with van der Waals surface area (Å²) in [4.78, 5) is 5.28. The molecular formula is C13H27N3. The lowest BCUT2D eigenvalue weighted by Crippen LogP contribution is -2.50. The zero-order valence-electron chi connectivity index (χ0n) is 11.0. The molecule has 0 aromatic heterocycles. The van der Waals surface area contributed by atoms with E-state index in [-0.39, 0.29) is 0 Å². The summed E-state index contributed by atoms with van der Waals surface area (Å²) in [6, 6.07) is 1.92. The van der Waals surface area contributed by atoms with Crippen LogP contribution in [0.5, 0.6) is 0 Å². The van der Waals surface area contributed by atoms with Crippen LogP contribution in [0.3, 0.4) is 0 Å². The molecule has 2 rings (SSSR count). The third kappa shape index (κ3) is 2.58. The summed E-state index contributed by atoms with van der Waals surface area (Å²) in [5.41, 5.74) is 6.08. The van der Waals surface area contributed by atoms with Crippen LogP contribution in [0.4, 0.5) is 0 Å². The van der Waals surface area contributed by atoms with Gasteiger partial charge in [-0.05, 0) is 39.2 Å². The maximum Gasteiger partial charge on any atom is 0.0235 e. The Morgan fingerprint density at radius 1 is 1.12 bits per heavy atom. The summed E-state index contributed by atoms with van der Waals surface area (Å²) in [5, 5.41) is 0. The second-order valence-corrected chi connectivity index (χ2v) is 5.96. The van der Waals surface area contributed by atoms with E-state index in [0.717, 1.165) is 6.04 Å². The smallest absolute Gasteiger partial charge is 0.0235 e. The molecule has 2 saturated heterocycles. The van der Waals surface area contributed by atoms with Gasteiger partial charge in [0.1, 0.15) is 0 Å². The minimum atomic E-state index is 0.429. The molecule has 2 heterocycles. The van der Waals surface area contributed by atoms with Crippen LogP contribution in [0.25, 0.3) is 0 Å². The van der Waals surface area contributed by atoms with Gasteiger partial charge in [0.2, 0.25) is 0 Å². The van der Waals surface area contributed by atoms with Gasteiger partial charge in [-0.15, -0.1) is 0 Å². The monoisotopic (exact) mass is 225 g/mol. The topological polar surface area (TPSA) is 32.5 Å². The maximum absolute atomic E-state index is 6.08. The number of hydrogen-bond acceptors (Lipinski definition) is 3. The molecule has 3 unspecified atom stereocenters. The van der Waals surface area contributed by atoms with Crippen LogP contribution in [-0.4, -0.2) is 54.1 Å². The molecule has 0 aromatic carbocycles. The molecule has 3 heteroatoms. The van der Waals surface area contributed by atoms with Crippen molar-refractivity contribution in [3.8, 4) is 0 Å². The fourth-order valence-electron chi connectivity index (χ4n) is 3.06. The van der Waals surface area contributed by atoms with E-state index in [0.29, 0.717) is 18.0 Å². The lowest BCUT2D eigenvalue weighted by atomic mass is 9.93. The molecule has 3 atom stereocenters. The zero-order valence-corrected chi connectivity index (χ0v) is 11.0. The van der Waals surface area contributed by atoms with Crippen molar-refractivity contribution in [3.63, 3.8) is 0 Å². The predicted octanol–water partition coefficient (Wildman–Crippen LogP) is 1.14. The Morgan fingerprint density at radius 3 is 2.44 bits per heavy atom. The highest BCUT2D eigenvalue weighted by atomic mass is 15.3. The number of rotatable bonds is 2. The minimum Gasteiger partial charge on any atom is -0.327 e. The van der Waals surface area contributed by atoms with Crippen molar-refractivity contribution in [1.82, 2.24) is 9.80 Å². The van der Waals surface area contributed by atoms with Crippen LogP contribution in [0, 0.1) is 5.92 Å². The van der Waals surface area contributed by atoms with Gasteiger partial charge >= 0.3 is 0 Å². The maximum atomic E-state index is 6.08. The van der Waals surface area contributed by atoms with Crippen molar-refractivity contribution < 1.29 is 0 Å². The number of piperidine rings is 1. The van der Waals surface area contributed by atoms with E-state index in [1.807, 2.05) is 0 Å². The van der Waals surface area contributed by atoms with Gasteiger partial charge < -0.3 is 5.73 Å². The van der Waals surface area contributed by atoms with Crippen LogP contribution < -0.4 is 5.73 Å². The first-order chi connectivity index (χ1) is 7.58. The molecular weight excluding hydrogens is 198 g/mol. The largest absolute Gasteiger partial charge is 0.327 e. The quantitative estimate of drug-likeness (QED) is 0.765. The Labute approximate surface area is 100.0 Å². The summed E-state index contributed by atoms with van der Waals surface area (Å²) < 4.78 is 0. The standard InChI is InChI=1S/C13H27N3/c1-10(2)15-6-4-12(9-15)16-7-5-13(14)11(3)8-16/h10-13H,4-9,14H2,1-3H3. The van der Waals surface area contributed by atoms with Gasteiger partial charge in [0.25, 0.3) is 0 Å². The second kappa shape index (κ2) is 5.03. The normalized spacial score (nSPS) is 38.4. The van der Waals surface area contributed by atoms with Gasteiger partial charge in [0.15, 0.2) is 0 Å². The van der Waals surface area contributed by atoms with Crippen molar-refractivity contribution in [2.45, 2.75) is 51.7 Å². The van der Waals surface area contributed by atoms with Crippen molar-refractivity contribution >= 4 is 0 Å². The van der Waals surface area contributed by atoms with E-state index in [4.69, 9.17) is 5.73 Å². The van der Waals surface area contributed by atoms with Gasteiger partial charge in [0.05, 0.1) is 0 Å². The van der Waals surface area contributed by atoms with Crippen molar-refractivity contribution in [3.05, 3.63) is 0 Å². The molecule has 0 saturated carbocycles. The van der Waals surface area contributed by atoms with E-state index < -0.39 is 0 Å². The minimum absolute atomic E-state index is 0.429. The van der Waals surface area contributed by atoms with Gasteiger partial charge in [-0.25, -0.2) is 0 Å². The van der Waals surface area contributed by atoms with E-state index in [1.54, 1.807) is 0 Å². The van der Waals surface area contributed by atoms with Crippen LogP contribution in [0.15, 0.2) is 0 Å². The summed E-state index contributed by atoms with van der Waals surface area (Å²) in [7, 11) is 0. The SMILES string of the molecule is CC1CN(C2CCN(C(C)C)C2)CCC1N. The summed E-state index contributed by atoms with van der Waals surface area (Å²) in [5.74, 6) is 0.668. The Hall–Kier alpha value is -0.120. The van der Waals surface area contributed by atoms with E-state index in [2.05, 4.69) is 30.6 Å². The summed E-state index contributed by atoms with van der Waals surface area (Å²) in [6.07, 6.45) is 2.53. The molecule has 0 amide bonds. The van der Waals surface area contributed by atoms with Crippen molar-refractivity contribution in [1.29, 1.82) is 0 Å². The second-order valence-electron chi connectivity index (χ2n) is 5.96. The van der Waals surface area contributed by atoms with Crippen LogP contribution >= 0.6 is 0 Å². The number of likely N-dealkylation sites (tertiary alicyclic amines) is 2. The van der Waals surface area contributed by atoms with Crippen LogP contribution in [0.2, 0.25) is 0 Å². The molecule has 0 bridgehead atoms. The first kappa shape index (κ1) is 12.3. The molecule has 2 aliphatic rings. The first-order valence-corrected chi connectivity index (χ1v) is 6.81. The Balaban J connectivity index is 1.85. The third-order valence-electron chi connectivity index (χ3n) is 4.44. The summed E-state index contributed by atoms with van der Waals surface area (Å²) >= 11 is 0. The predicted molar refractivity (Wildman–Crippen MR) is 68.4 cm³/mol. The molecule has 0 aromatic rings. The van der Waals surface area contributed by atoms with Crippen molar-refractivity contribution in [2.24, 2.45) is 11.7 Å². The molecule has 16 heavy (non-hydrogen) atoms. The average Bonchev–Trinajstić information content (AvgIpc) is 2.71. The highest BCUT2D eigenvalue weighted by Crippen LogP contribution is 2.23. The molecule has 2 fully saturated rings. The van der Waals surface area contributed by atoms with Gasteiger partial charge in [-0.1, -0.05) is 6.92 Å². The summed E-state index contributed by atoms with van der Waals surface area (Å²) in [6.45, 7) is 11.9. The molecule has 3 nitrogen and oxygen atoms in total. The van der Waals surface area contributed by atoms with Gasteiger partial charge in [-0.3, -0.25) is 9.80 Å². The first-order valence-electron chi connectivity index (χ1n) is 6.81. The van der Waals surface area contributed by atoms with Crippen molar-refractivity contribution in [2.75, 3.05) is 26.2 Å². The highest BCUT2D eigenvalue weighted by Gasteiger charge is 2.32. The van der Waals surface area contributed by atoms with Crippen LogP contribution in [0.1, 0.15) is 33.6 Å². The molecule has 2 N–H and O–H groups in total. The molecule has 2 aliphatic heterocycles. The Morgan fingerprint density at radius 2 is 1.88 bits per heavy atom. The van der Waals surface area contributed by atoms with Crippen LogP contribution in [-0.2, 0) is 0 Å². The van der Waals surface area contributed by atoms with Gasteiger partial charge in [0, 0.05) is 37.8 Å². The van der Waals surface area contributed by atoms with Gasteiger partial charge in [-0.2, -0.15) is 0 Å². The highest BCUT2D eigenvalue weighted by molar-refractivity contribution is 4.89. The molecule has 0 aliphatic carbocycles. The molecule has 94 valence electrons. The molecule has 0 radical (unpaired) electrons. The van der Waals surface area contributed by atoms with E-state index in [9.17, 15) is 0 Å².